The van der Waals surface area contributed by atoms with Crippen molar-refractivity contribution < 1.29 is 18.9 Å². The fraction of sp³-hybridized carbons (Fsp3) is 0.0370. The van der Waals surface area contributed by atoms with E-state index in [1.165, 1.54) is 35.9 Å². The van der Waals surface area contributed by atoms with Gasteiger partial charge in [-0.1, -0.05) is 36.4 Å². The lowest BCUT2D eigenvalue weighted by Gasteiger charge is -2.12. The minimum atomic E-state index is -0.580. The molecule has 0 radical (unpaired) electrons. The topological polar surface area (TPSA) is 107 Å². The predicted molar refractivity (Wildman–Crippen MR) is 148 cm³/mol. The number of hydrogen-bond donors (Lipinski definition) is 1. The molecule has 184 valence electrons. The number of amides is 1. The highest BCUT2D eigenvalue weighted by atomic mass is 79.9. The van der Waals surface area contributed by atoms with Crippen molar-refractivity contribution >= 4 is 71.4 Å². The number of furan rings is 1. The molecule has 1 amide bonds. The average Bonchev–Trinajstić information content (AvgIpc) is 3.32. The van der Waals surface area contributed by atoms with Crippen LogP contribution >= 0.6 is 31.9 Å². The molecule has 0 bridgehead atoms. The molecule has 8 nitrogen and oxygen atoms in total. The molecule has 0 unspecified atom stereocenters. The fourth-order valence-corrected chi connectivity index (χ4v) is 5.20. The number of fused-ring (bicyclic) bond motifs is 2. The highest BCUT2D eigenvalue weighted by molar-refractivity contribution is 9.11. The van der Waals surface area contributed by atoms with Crippen LogP contribution in [0.5, 0.6) is 5.75 Å². The first-order valence-electron chi connectivity index (χ1n) is 11.0. The van der Waals surface area contributed by atoms with Gasteiger partial charge >= 0.3 is 5.91 Å². The Morgan fingerprint density at radius 1 is 0.973 bits per heavy atom. The Kier molecular flexibility index (Phi) is 7.02. The number of nitrogens with one attached hydrogen (secondary N) is 1. The third-order valence-corrected chi connectivity index (χ3v) is 6.71. The van der Waals surface area contributed by atoms with Crippen molar-refractivity contribution in [2.75, 3.05) is 0 Å². The summed E-state index contributed by atoms with van der Waals surface area (Å²) in [5.74, 6) is 0.0572. The molecule has 0 saturated carbocycles. The van der Waals surface area contributed by atoms with Crippen molar-refractivity contribution in [2.24, 2.45) is 5.10 Å². The van der Waals surface area contributed by atoms with Gasteiger partial charge in [-0.15, -0.1) is 0 Å². The van der Waals surface area contributed by atoms with E-state index < -0.39 is 10.8 Å². The molecule has 0 atom stereocenters. The zero-order chi connectivity index (χ0) is 25.9. The first kappa shape index (κ1) is 24.7. The second kappa shape index (κ2) is 10.5. The lowest BCUT2D eigenvalue weighted by Crippen LogP contribution is -2.16. The van der Waals surface area contributed by atoms with E-state index in [0.29, 0.717) is 37.8 Å². The zero-order valence-corrected chi connectivity index (χ0v) is 22.2. The SMILES string of the molecule is O=C(N/N=C\c1cc(Br)c(OCc2ccc3ccccc3c2)c(Br)c1)c1cc2cc([N+](=O)[O-])ccc2o1. The number of nitro groups is 1. The maximum atomic E-state index is 12.4. The quantitative estimate of drug-likeness (QED) is 0.116. The van der Waals surface area contributed by atoms with E-state index in [-0.39, 0.29) is 11.4 Å². The molecule has 0 fully saturated rings. The molecule has 1 heterocycles. The van der Waals surface area contributed by atoms with Gasteiger partial charge in [0.15, 0.2) is 5.76 Å². The molecular formula is C27H17Br2N3O5. The van der Waals surface area contributed by atoms with E-state index in [1.807, 2.05) is 30.3 Å². The Morgan fingerprint density at radius 3 is 2.49 bits per heavy atom. The summed E-state index contributed by atoms with van der Waals surface area (Å²) in [4.78, 5) is 22.9. The highest BCUT2D eigenvalue weighted by Gasteiger charge is 2.15. The number of non-ortho nitro benzene ring substituents is 1. The number of carbonyl (C=O) groups is 1. The number of halogens is 2. The standard InChI is InChI=1S/C27H17Br2N3O5/c28-22-10-17(11-23(29)26(22)36-15-16-5-6-18-3-1-2-4-19(18)9-16)14-30-31-27(33)25-13-20-12-21(32(34)35)7-8-24(20)37-25/h1-14H,15H2,(H,31,33)/b30-14-. The summed E-state index contributed by atoms with van der Waals surface area (Å²) in [6, 6.07) is 23.5. The van der Waals surface area contributed by atoms with Crippen LogP contribution in [-0.4, -0.2) is 17.0 Å². The molecule has 1 aromatic heterocycles. The van der Waals surface area contributed by atoms with Gasteiger partial charge in [-0.2, -0.15) is 5.10 Å². The third-order valence-electron chi connectivity index (χ3n) is 5.53. The number of carbonyl (C=O) groups excluding carboxylic acids is 1. The van der Waals surface area contributed by atoms with Gasteiger partial charge in [-0.25, -0.2) is 5.43 Å². The van der Waals surface area contributed by atoms with Crippen LogP contribution in [0.1, 0.15) is 21.7 Å². The molecule has 5 rings (SSSR count). The minimum Gasteiger partial charge on any atom is -0.487 e. The van der Waals surface area contributed by atoms with Gasteiger partial charge in [0, 0.05) is 17.5 Å². The van der Waals surface area contributed by atoms with E-state index in [9.17, 15) is 14.9 Å². The zero-order valence-electron chi connectivity index (χ0n) is 19.0. The van der Waals surface area contributed by atoms with E-state index in [2.05, 4.69) is 66.7 Å². The number of hydrazone groups is 1. The summed E-state index contributed by atoms with van der Waals surface area (Å²) in [5, 5.41) is 17.7. The van der Waals surface area contributed by atoms with Crippen molar-refractivity contribution in [3.63, 3.8) is 0 Å². The monoisotopic (exact) mass is 621 g/mol. The summed E-state index contributed by atoms with van der Waals surface area (Å²) in [6.45, 7) is 0.395. The lowest BCUT2D eigenvalue weighted by atomic mass is 10.1. The number of rotatable bonds is 7. The number of ether oxygens (including phenoxy) is 1. The summed E-state index contributed by atoms with van der Waals surface area (Å²) >= 11 is 7.07. The van der Waals surface area contributed by atoms with E-state index >= 15 is 0 Å². The maximum Gasteiger partial charge on any atom is 0.307 e. The summed E-state index contributed by atoms with van der Waals surface area (Å²) in [6.07, 6.45) is 1.48. The molecule has 0 spiro atoms. The highest BCUT2D eigenvalue weighted by Crippen LogP contribution is 2.35. The molecule has 5 aromatic rings. The second-order valence-corrected chi connectivity index (χ2v) is 9.78. The van der Waals surface area contributed by atoms with Crippen LogP contribution in [0.2, 0.25) is 0 Å². The van der Waals surface area contributed by atoms with Crippen LogP contribution in [0.25, 0.3) is 21.7 Å². The molecule has 4 aromatic carbocycles. The molecule has 0 saturated heterocycles. The Morgan fingerprint density at radius 2 is 1.73 bits per heavy atom. The van der Waals surface area contributed by atoms with E-state index in [4.69, 9.17) is 9.15 Å². The molecule has 1 N–H and O–H groups in total. The van der Waals surface area contributed by atoms with Crippen molar-refractivity contribution in [1.29, 1.82) is 0 Å². The number of benzene rings is 4. The number of nitrogens with zero attached hydrogens (tertiary/aromatic N) is 2. The van der Waals surface area contributed by atoms with Gasteiger partial charge in [0.25, 0.3) is 5.69 Å². The van der Waals surface area contributed by atoms with Gasteiger partial charge in [0.1, 0.15) is 17.9 Å². The van der Waals surface area contributed by atoms with Crippen molar-refractivity contribution in [1.82, 2.24) is 5.43 Å². The average molecular weight is 623 g/mol. The predicted octanol–water partition coefficient (Wildman–Crippen LogP) is 7.36. The Hall–Kier alpha value is -4.02. The Bertz CT molecular complexity index is 1670. The van der Waals surface area contributed by atoms with Gasteiger partial charge in [-0.05, 0) is 84.1 Å². The van der Waals surface area contributed by atoms with E-state index in [0.717, 1.165) is 10.9 Å². The summed E-state index contributed by atoms with van der Waals surface area (Å²) < 4.78 is 12.9. The second-order valence-electron chi connectivity index (χ2n) is 8.07. The molecular weight excluding hydrogens is 606 g/mol. The molecule has 0 aliphatic carbocycles. The van der Waals surface area contributed by atoms with Crippen LogP contribution in [-0.2, 0) is 6.61 Å². The van der Waals surface area contributed by atoms with Crippen LogP contribution in [0.4, 0.5) is 5.69 Å². The van der Waals surface area contributed by atoms with Gasteiger partial charge < -0.3 is 9.15 Å². The maximum absolute atomic E-state index is 12.4. The molecule has 0 aliphatic heterocycles. The van der Waals surface area contributed by atoms with E-state index in [1.54, 1.807) is 0 Å². The summed E-state index contributed by atoms with van der Waals surface area (Å²) in [5.41, 5.74) is 4.44. The van der Waals surface area contributed by atoms with Gasteiger partial charge in [-0.3, -0.25) is 14.9 Å². The van der Waals surface area contributed by atoms with Crippen molar-refractivity contribution in [2.45, 2.75) is 6.61 Å². The first-order valence-corrected chi connectivity index (χ1v) is 12.6. The minimum absolute atomic E-state index is 0.00699. The normalized spacial score (nSPS) is 11.3. The lowest BCUT2D eigenvalue weighted by molar-refractivity contribution is -0.384. The molecule has 10 heteroatoms. The van der Waals surface area contributed by atoms with Crippen LogP contribution < -0.4 is 10.2 Å². The molecule has 0 aliphatic rings. The first-order chi connectivity index (χ1) is 17.9. The number of nitro benzene ring substituents is 1. The Labute approximate surface area is 227 Å². The Balaban J connectivity index is 1.24. The smallest absolute Gasteiger partial charge is 0.307 e. The van der Waals surface area contributed by atoms with Gasteiger partial charge in [0.2, 0.25) is 0 Å². The molecule has 37 heavy (non-hydrogen) atoms. The summed E-state index contributed by atoms with van der Waals surface area (Å²) in [7, 11) is 0. The van der Waals surface area contributed by atoms with Gasteiger partial charge in [0.05, 0.1) is 20.1 Å². The van der Waals surface area contributed by atoms with Crippen molar-refractivity contribution in [3.8, 4) is 5.75 Å². The van der Waals surface area contributed by atoms with Crippen LogP contribution in [0.15, 0.2) is 97.3 Å². The third kappa shape index (κ3) is 5.55. The van der Waals surface area contributed by atoms with Crippen molar-refractivity contribution in [3.05, 3.63) is 115 Å². The largest absolute Gasteiger partial charge is 0.487 e. The van der Waals surface area contributed by atoms with Crippen LogP contribution in [0, 0.1) is 10.1 Å². The number of hydrogen-bond acceptors (Lipinski definition) is 6. The van der Waals surface area contributed by atoms with Crippen LogP contribution in [0.3, 0.4) is 0 Å². The fourth-order valence-electron chi connectivity index (χ4n) is 3.75.